The third kappa shape index (κ3) is 1.43. The zero-order valence-electron chi connectivity index (χ0n) is 7.51. The number of aromatic nitrogens is 3. The van der Waals surface area contributed by atoms with E-state index >= 15 is 0 Å². The van der Waals surface area contributed by atoms with Crippen molar-refractivity contribution in [3.05, 3.63) is 29.7 Å². The molecule has 0 aliphatic carbocycles. The highest BCUT2D eigenvalue weighted by Crippen LogP contribution is 2.04. The van der Waals surface area contributed by atoms with Crippen molar-refractivity contribution in [3.63, 3.8) is 0 Å². The van der Waals surface area contributed by atoms with E-state index in [2.05, 4.69) is 10.1 Å². The van der Waals surface area contributed by atoms with E-state index < -0.39 is 0 Å². The van der Waals surface area contributed by atoms with Gasteiger partial charge in [-0.05, 0) is 6.54 Å². The van der Waals surface area contributed by atoms with Gasteiger partial charge in [0.1, 0.15) is 6.07 Å². The first-order valence-electron chi connectivity index (χ1n) is 4.28. The van der Waals surface area contributed by atoms with Crippen LogP contribution in [0.4, 0.5) is 0 Å². The van der Waals surface area contributed by atoms with Crippen LogP contribution in [0.15, 0.2) is 18.5 Å². The minimum absolute atomic E-state index is 0.500. The lowest BCUT2D eigenvalue weighted by atomic mass is 10.3. The second kappa shape index (κ2) is 3.44. The van der Waals surface area contributed by atoms with Crippen LogP contribution in [-0.4, -0.2) is 21.1 Å². The first-order chi connectivity index (χ1) is 6.83. The normalized spacial score (nSPS) is 10.3. The number of hydrogen-bond acceptors (Lipinski definition) is 4. The molecule has 0 aromatic carbocycles. The second-order valence-electron chi connectivity index (χ2n) is 2.93. The Morgan fingerprint density at radius 1 is 1.57 bits per heavy atom. The second-order valence-corrected chi connectivity index (χ2v) is 2.93. The molecule has 2 aromatic heterocycles. The quantitative estimate of drug-likeness (QED) is 0.723. The van der Waals surface area contributed by atoms with Crippen LogP contribution < -0.4 is 5.73 Å². The van der Waals surface area contributed by atoms with Crippen LogP contribution in [0.1, 0.15) is 11.3 Å². The molecular weight excluding hydrogens is 178 g/mol. The molecule has 0 amide bonds. The largest absolute Gasteiger partial charge is 0.330 e. The Labute approximate surface area is 80.8 Å². The van der Waals surface area contributed by atoms with Crippen LogP contribution in [0.25, 0.3) is 5.65 Å². The Morgan fingerprint density at radius 2 is 2.43 bits per heavy atom. The van der Waals surface area contributed by atoms with Gasteiger partial charge in [-0.2, -0.15) is 10.4 Å². The molecule has 2 aromatic rings. The minimum atomic E-state index is 0.500. The zero-order chi connectivity index (χ0) is 9.97. The average Bonchev–Trinajstić information content (AvgIpc) is 2.59. The Bertz CT molecular complexity index is 493. The van der Waals surface area contributed by atoms with Crippen molar-refractivity contribution in [1.82, 2.24) is 14.6 Å². The maximum absolute atomic E-state index is 8.66. The van der Waals surface area contributed by atoms with E-state index in [1.807, 2.05) is 12.1 Å². The number of hydrogen-bond donors (Lipinski definition) is 1. The first-order valence-corrected chi connectivity index (χ1v) is 4.28. The molecule has 0 aliphatic rings. The fourth-order valence-corrected chi connectivity index (χ4v) is 1.25. The minimum Gasteiger partial charge on any atom is -0.330 e. The molecule has 0 saturated carbocycles. The van der Waals surface area contributed by atoms with Gasteiger partial charge in [-0.15, -0.1) is 0 Å². The summed E-state index contributed by atoms with van der Waals surface area (Å²) in [5, 5.41) is 12.9. The average molecular weight is 187 g/mol. The van der Waals surface area contributed by atoms with Gasteiger partial charge in [0.25, 0.3) is 0 Å². The van der Waals surface area contributed by atoms with Crippen molar-refractivity contribution in [3.8, 4) is 6.07 Å². The number of nitrogens with zero attached hydrogens (tertiary/aromatic N) is 4. The van der Waals surface area contributed by atoms with Gasteiger partial charge in [0.05, 0.1) is 17.5 Å². The third-order valence-electron chi connectivity index (χ3n) is 1.89. The summed E-state index contributed by atoms with van der Waals surface area (Å²) in [5.74, 6) is 0. The monoisotopic (exact) mass is 187 g/mol. The summed E-state index contributed by atoms with van der Waals surface area (Å²) in [5.41, 5.74) is 7.56. The van der Waals surface area contributed by atoms with Crippen LogP contribution in [0, 0.1) is 11.3 Å². The van der Waals surface area contributed by atoms with Crippen molar-refractivity contribution >= 4 is 5.65 Å². The maximum atomic E-state index is 8.66. The van der Waals surface area contributed by atoms with Gasteiger partial charge < -0.3 is 5.73 Å². The van der Waals surface area contributed by atoms with Gasteiger partial charge in [0.15, 0.2) is 5.65 Å². The summed E-state index contributed by atoms with van der Waals surface area (Å²) in [7, 11) is 0. The van der Waals surface area contributed by atoms with Crippen molar-refractivity contribution in [2.24, 2.45) is 5.73 Å². The number of nitriles is 1. The zero-order valence-corrected chi connectivity index (χ0v) is 7.51. The van der Waals surface area contributed by atoms with Gasteiger partial charge in [0.2, 0.25) is 0 Å². The van der Waals surface area contributed by atoms with Crippen LogP contribution in [0.3, 0.4) is 0 Å². The summed E-state index contributed by atoms with van der Waals surface area (Å²) in [4.78, 5) is 4.09. The van der Waals surface area contributed by atoms with E-state index in [1.54, 1.807) is 10.7 Å². The highest BCUT2D eigenvalue weighted by atomic mass is 15.2. The number of nitrogens with two attached hydrogens (primary N) is 1. The fourth-order valence-electron chi connectivity index (χ4n) is 1.25. The Kier molecular flexibility index (Phi) is 2.13. The summed E-state index contributed by atoms with van der Waals surface area (Å²) < 4.78 is 1.60. The van der Waals surface area contributed by atoms with Gasteiger partial charge in [-0.25, -0.2) is 9.50 Å². The Hall–Kier alpha value is -1.93. The van der Waals surface area contributed by atoms with Crippen molar-refractivity contribution in [2.45, 2.75) is 6.42 Å². The number of rotatable bonds is 2. The van der Waals surface area contributed by atoms with E-state index in [1.165, 1.54) is 6.20 Å². The lowest BCUT2D eigenvalue weighted by molar-refractivity contribution is 0.853. The molecule has 0 fully saturated rings. The molecule has 5 heteroatoms. The van der Waals surface area contributed by atoms with Crippen molar-refractivity contribution in [2.75, 3.05) is 6.54 Å². The molecule has 2 rings (SSSR count). The summed E-state index contributed by atoms with van der Waals surface area (Å²) >= 11 is 0. The standard InChI is InChI=1S/C9H9N5/c10-2-1-8-3-9-12-5-7(4-11)6-14(9)13-8/h3,5-6H,1-2,10H2. The van der Waals surface area contributed by atoms with Gasteiger partial charge >= 0.3 is 0 Å². The van der Waals surface area contributed by atoms with Crippen molar-refractivity contribution < 1.29 is 0 Å². The molecule has 5 nitrogen and oxygen atoms in total. The van der Waals surface area contributed by atoms with Gasteiger partial charge in [-0.1, -0.05) is 0 Å². The predicted molar refractivity (Wildman–Crippen MR) is 50.5 cm³/mol. The van der Waals surface area contributed by atoms with Crippen LogP contribution in [-0.2, 0) is 6.42 Å². The van der Waals surface area contributed by atoms with Crippen molar-refractivity contribution in [1.29, 1.82) is 5.26 Å². The molecule has 2 heterocycles. The van der Waals surface area contributed by atoms with E-state index in [-0.39, 0.29) is 0 Å². The molecule has 0 atom stereocenters. The van der Waals surface area contributed by atoms with E-state index in [0.717, 1.165) is 17.8 Å². The third-order valence-corrected chi connectivity index (χ3v) is 1.89. The fraction of sp³-hybridized carbons (Fsp3) is 0.222. The molecule has 2 N–H and O–H groups in total. The maximum Gasteiger partial charge on any atom is 0.155 e. The van der Waals surface area contributed by atoms with Gasteiger partial charge in [0, 0.05) is 18.7 Å². The molecule has 0 unspecified atom stereocenters. The Morgan fingerprint density at radius 3 is 3.14 bits per heavy atom. The Balaban J connectivity index is 2.50. The molecule has 0 bridgehead atoms. The lowest BCUT2D eigenvalue weighted by Crippen LogP contribution is -2.03. The highest BCUT2D eigenvalue weighted by Gasteiger charge is 2.02. The first kappa shape index (κ1) is 8.66. The van der Waals surface area contributed by atoms with E-state index in [9.17, 15) is 0 Å². The summed E-state index contributed by atoms with van der Waals surface area (Å²) in [6.45, 7) is 0.564. The van der Waals surface area contributed by atoms with Crippen LogP contribution in [0.2, 0.25) is 0 Å². The molecule has 0 saturated heterocycles. The van der Waals surface area contributed by atoms with Crippen LogP contribution >= 0.6 is 0 Å². The topological polar surface area (TPSA) is 80.0 Å². The molecular formula is C9H9N5. The molecule has 0 aliphatic heterocycles. The summed E-state index contributed by atoms with van der Waals surface area (Å²) in [6.07, 6.45) is 3.91. The predicted octanol–water partition coefficient (Wildman–Crippen LogP) is 0.102. The number of fused-ring (bicyclic) bond motifs is 1. The highest BCUT2D eigenvalue weighted by molar-refractivity contribution is 5.41. The van der Waals surface area contributed by atoms with Gasteiger partial charge in [-0.3, -0.25) is 0 Å². The summed E-state index contributed by atoms with van der Waals surface area (Å²) in [6, 6.07) is 3.88. The molecule has 0 spiro atoms. The van der Waals surface area contributed by atoms with Crippen LogP contribution in [0.5, 0.6) is 0 Å². The van der Waals surface area contributed by atoms with E-state index in [0.29, 0.717) is 12.1 Å². The molecule has 0 radical (unpaired) electrons. The lowest BCUT2D eigenvalue weighted by Gasteiger charge is -1.90. The van der Waals surface area contributed by atoms with E-state index in [4.69, 9.17) is 11.0 Å². The molecule has 14 heavy (non-hydrogen) atoms. The smallest absolute Gasteiger partial charge is 0.155 e. The SMILES string of the molecule is N#Cc1cnc2cc(CCN)nn2c1. The molecule has 70 valence electrons.